The molecule has 0 spiro atoms. The van der Waals surface area contributed by atoms with E-state index in [1.54, 1.807) is 0 Å². The van der Waals surface area contributed by atoms with Crippen molar-refractivity contribution in [3.63, 3.8) is 0 Å². The molecule has 0 saturated heterocycles. The summed E-state index contributed by atoms with van der Waals surface area (Å²) in [6, 6.07) is 2.70. The van der Waals surface area contributed by atoms with E-state index in [1.807, 2.05) is 0 Å². The lowest BCUT2D eigenvalue weighted by atomic mass is 9.95. The average Bonchev–Trinajstić information content (AvgIpc) is 2.38. The number of carbonyl (C=O) groups is 1. The van der Waals surface area contributed by atoms with Crippen LogP contribution in [0.1, 0.15) is 42.5 Å². The highest BCUT2D eigenvalue weighted by atomic mass is 79.9. The van der Waals surface area contributed by atoms with E-state index in [1.165, 1.54) is 18.6 Å². The van der Waals surface area contributed by atoms with Crippen molar-refractivity contribution < 1.29 is 13.2 Å². The van der Waals surface area contributed by atoms with Gasteiger partial charge in [-0.1, -0.05) is 30.9 Å². The highest BCUT2D eigenvalue weighted by Gasteiger charge is 2.22. The third-order valence-electron chi connectivity index (χ3n) is 3.51. The van der Waals surface area contributed by atoms with Gasteiger partial charge in [0.25, 0.3) is 5.91 Å². The maximum absolute atomic E-state index is 12.3. The molecule has 1 saturated carbocycles. The van der Waals surface area contributed by atoms with Gasteiger partial charge in [0.05, 0.1) is 15.5 Å². The van der Waals surface area contributed by atoms with Crippen LogP contribution in [0.15, 0.2) is 21.5 Å². The summed E-state index contributed by atoms with van der Waals surface area (Å²) in [5.74, 6) is -0.371. The molecule has 21 heavy (non-hydrogen) atoms. The van der Waals surface area contributed by atoms with Gasteiger partial charge >= 0.3 is 0 Å². The fraction of sp³-hybridized carbons (Fsp3) is 0.462. The van der Waals surface area contributed by atoms with E-state index < -0.39 is 10.0 Å². The monoisotopic (exact) mass is 394 g/mol. The molecule has 1 aromatic carbocycles. The molecule has 0 bridgehead atoms. The Hall–Kier alpha value is -0.630. The molecule has 1 aromatic rings. The Morgan fingerprint density at radius 3 is 2.48 bits per heavy atom. The summed E-state index contributed by atoms with van der Waals surface area (Å²) in [5.41, 5.74) is 0.120. The van der Waals surface area contributed by atoms with E-state index in [0.29, 0.717) is 0 Å². The second-order valence-electron chi connectivity index (χ2n) is 5.12. The van der Waals surface area contributed by atoms with Crippen LogP contribution in [0.2, 0.25) is 5.02 Å². The Morgan fingerprint density at radius 2 is 1.90 bits per heavy atom. The molecule has 0 unspecified atom stereocenters. The first-order valence-electron chi connectivity index (χ1n) is 6.62. The number of rotatable bonds is 3. The molecule has 0 aliphatic heterocycles. The van der Waals surface area contributed by atoms with E-state index in [2.05, 4.69) is 21.2 Å². The largest absolute Gasteiger partial charge is 0.349 e. The Morgan fingerprint density at radius 1 is 1.29 bits per heavy atom. The molecule has 116 valence electrons. The van der Waals surface area contributed by atoms with E-state index in [4.69, 9.17) is 16.7 Å². The second-order valence-corrected chi connectivity index (χ2v) is 7.91. The summed E-state index contributed by atoms with van der Waals surface area (Å²) in [6.45, 7) is 0. The van der Waals surface area contributed by atoms with Gasteiger partial charge in [0.1, 0.15) is 0 Å². The number of sulfonamides is 1. The number of amides is 1. The molecule has 5 nitrogen and oxygen atoms in total. The van der Waals surface area contributed by atoms with E-state index in [0.717, 1.165) is 25.7 Å². The van der Waals surface area contributed by atoms with Gasteiger partial charge in [-0.05, 0) is 40.9 Å². The van der Waals surface area contributed by atoms with Gasteiger partial charge in [0.2, 0.25) is 10.0 Å². The zero-order valence-electron chi connectivity index (χ0n) is 11.2. The zero-order chi connectivity index (χ0) is 15.6. The van der Waals surface area contributed by atoms with Crippen LogP contribution in [-0.4, -0.2) is 20.4 Å². The average molecular weight is 396 g/mol. The Bertz CT molecular complexity index is 658. The van der Waals surface area contributed by atoms with Gasteiger partial charge in [0.15, 0.2) is 0 Å². The van der Waals surface area contributed by atoms with Gasteiger partial charge in [-0.3, -0.25) is 4.79 Å². The van der Waals surface area contributed by atoms with Crippen LogP contribution in [0.5, 0.6) is 0 Å². The topological polar surface area (TPSA) is 89.3 Å². The molecule has 1 aliphatic rings. The van der Waals surface area contributed by atoms with Gasteiger partial charge in [-0.2, -0.15) is 0 Å². The molecule has 3 N–H and O–H groups in total. The van der Waals surface area contributed by atoms with Gasteiger partial charge in [0, 0.05) is 10.5 Å². The van der Waals surface area contributed by atoms with Gasteiger partial charge in [-0.25, -0.2) is 13.6 Å². The number of nitrogens with one attached hydrogen (secondary N) is 1. The molecule has 0 atom stereocenters. The van der Waals surface area contributed by atoms with Gasteiger partial charge < -0.3 is 5.32 Å². The first-order valence-corrected chi connectivity index (χ1v) is 9.33. The lowest BCUT2D eigenvalue weighted by Crippen LogP contribution is -2.36. The molecule has 0 heterocycles. The molecule has 8 heteroatoms. The predicted molar refractivity (Wildman–Crippen MR) is 84.9 cm³/mol. The van der Waals surface area contributed by atoms with Crippen molar-refractivity contribution in [1.29, 1.82) is 0 Å². The van der Waals surface area contributed by atoms with Crippen molar-refractivity contribution in [2.24, 2.45) is 5.14 Å². The first kappa shape index (κ1) is 16.7. The Kier molecular flexibility index (Phi) is 5.29. The van der Waals surface area contributed by atoms with Crippen molar-refractivity contribution in [2.45, 2.75) is 43.0 Å². The second kappa shape index (κ2) is 6.64. The molecule has 1 fully saturated rings. The number of halogens is 2. The fourth-order valence-corrected chi connectivity index (χ4v) is 4.45. The molecule has 1 aliphatic carbocycles. The van der Waals surface area contributed by atoms with Crippen molar-refractivity contribution in [2.75, 3.05) is 0 Å². The number of nitrogens with two attached hydrogens (primary N) is 1. The molecule has 0 radical (unpaired) electrons. The summed E-state index contributed by atoms with van der Waals surface area (Å²) in [6.07, 6.45) is 5.22. The van der Waals surface area contributed by atoms with E-state index >= 15 is 0 Å². The predicted octanol–water partition coefficient (Wildman–Crippen LogP) is 2.81. The Labute approximate surface area is 137 Å². The van der Waals surface area contributed by atoms with E-state index in [-0.39, 0.29) is 31.9 Å². The fourth-order valence-electron chi connectivity index (χ4n) is 2.43. The first-order chi connectivity index (χ1) is 9.79. The highest BCUT2D eigenvalue weighted by Crippen LogP contribution is 2.28. The van der Waals surface area contributed by atoms with Crippen LogP contribution < -0.4 is 10.5 Å². The van der Waals surface area contributed by atoms with Crippen molar-refractivity contribution in [3.05, 3.63) is 27.2 Å². The minimum Gasteiger partial charge on any atom is -0.349 e. The number of carbonyl (C=O) groups excluding carboxylic acids is 1. The summed E-state index contributed by atoms with van der Waals surface area (Å²) >= 11 is 9.13. The summed E-state index contributed by atoms with van der Waals surface area (Å²) in [7, 11) is -3.92. The highest BCUT2D eigenvalue weighted by molar-refractivity contribution is 9.10. The standard InChI is InChI=1S/C13H16BrClN2O3S/c14-10-7-11(15)9(6-12(10)21(16,19)20)13(18)17-8-4-2-1-3-5-8/h6-8H,1-5H2,(H,17,18)(H2,16,19,20). The van der Waals surface area contributed by atoms with Crippen LogP contribution in [0.4, 0.5) is 0 Å². The maximum Gasteiger partial charge on any atom is 0.253 e. The van der Waals surface area contributed by atoms with Crippen molar-refractivity contribution >= 4 is 43.5 Å². The quantitative estimate of drug-likeness (QED) is 0.824. The Balaban J connectivity index is 2.28. The SMILES string of the molecule is NS(=O)(=O)c1cc(C(=O)NC2CCCCC2)c(Cl)cc1Br. The lowest BCUT2D eigenvalue weighted by Gasteiger charge is -2.23. The van der Waals surface area contributed by atoms with Gasteiger partial charge in [-0.15, -0.1) is 0 Å². The summed E-state index contributed by atoms with van der Waals surface area (Å²) < 4.78 is 23.2. The van der Waals surface area contributed by atoms with Crippen molar-refractivity contribution in [3.8, 4) is 0 Å². The number of benzene rings is 1. The van der Waals surface area contributed by atoms with Crippen LogP contribution in [0, 0.1) is 0 Å². The molecule has 2 rings (SSSR count). The van der Waals surface area contributed by atoms with Crippen LogP contribution in [-0.2, 0) is 10.0 Å². The minimum atomic E-state index is -3.92. The summed E-state index contributed by atoms with van der Waals surface area (Å²) in [4.78, 5) is 12.1. The molecular formula is C13H16BrClN2O3S. The molecule has 0 aromatic heterocycles. The summed E-state index contributed by atoms with van der Waals surface area (Å²) in [5, 5.41) is 8.21. The smallest absolute Gasteiger partial charge is 0.253 e. The van der Waals surface area contributed by atoms with Crippen LogP contribution in [0.25, 0.3) is 0 Å². The molecular weight excluding hydrogens is 380 g/mol. The number of hydrogen-bond acceptors (Lipinski definition) is 3. The number of hydrogen-bond donors (Lipinski definition) is 2. The zero-order valence-corrected chi connectivity index (χ0v) is 14.4. The van der Waals surface area contributed by atoms with Crippen LogP contribution in [0.3, 0.4) is 0 Å². The van der Waals surface area contributed by atoms with E-state index in [9.17, 15) is 13.2 Å². The lowest BCUT2D eigenvalue weighted by molar-refractivity contribution is 0.0927. The van der Waals surface area contributed by atoms with Crippen LogP contribution >= 0.6 is 27.5 Å². The third kappa shape index (κ3) is 4.18. The molecule has 1 amide bonds. The third-order valence-corrected chi connectivity index (χ3v) is 5.70. The maximum atomic E-state index is 12.3. The van der Waals surface area contributed by atoms with Crippen molar-refractivity contribution in [1.82, 2.24) is 5.32 Å². The number of primary sulfonamides is 1. The normalized spacial score (nSPS) is 16.7. The minimum absolute atomic E-state index is 0.115.